The van der Waals surface area contributed by atoms with Gasteiger partial charge in [-0.3, -0.25) is 4.79 Å². The highest BCUT2D eigenvalue weighted by Crippen LogP contribution is 2.40. The van der Waals surface area contributed by atoms with Gasteiger partial charge in [0.25, 0.3) is 0 Å². The third-order valence-electron chi connectivity index (χ3n) is 5.13. The number of halogens is 6. The smallest absolute Gasteiger partial charge is 0.471 e. The Kier molecular flexibility index (Phi) is 6.43. The van der Waals surface area contributed by atoms with E-state index in [2.05, 4.69) is 0 Å². The maximum atomic E-state index is 13.2. The van der Waals surface area contributed by atoms with Crippen LogP contribution in [-0.4, -0.2) is 37.7 Å². The first-order chi connectivity index (χ1) is 15.0. The Balaban J connectivity index is 2.03. The zero-order valence-electron chi connectivity index (χ0n) is 17.1. The predicted octanol–water partition coefficient (Wildman–Crippen LogP) is 5.42. The molecule has 0 aromatic heterocycles. The molecule has 2 aromatic rings. The third kappa shape index (κ3) is 4.84. The lowest BCUT2D eigenvalue weighted by Crippen LogP contribution is -2.46. The summed E-state index contributed by atoms with van der Waals surface area (Å²) in [5.41, 5.74) is 0.582. The molecule has 4 nitrogen and oxygen atoms in total. The van der Waals surface area contributed by atoms with Gasteiger partial charge >= 0.3 is 18.3 Å². The van der Waals surface area contributed by atoms with Crippen LogP contribution in [0.4, 0.5) is 26.3 Å². The zero-order chi connectivity index (χ0) is 23.7. The number of carbonyl (C=O) groups is 1. The molecule has 0 bridgehead atoms. The van der Waals surface area contributed by atoms with E-state index in [1.54, 1.807) is 6.07 Å². The van der Waals surface area contributed by atoms with Crippen molar-refractivity contribution in [1.29, 1.82) is 0 Å². The van der Waals surface area contributed by atoms with Crippen LogP contribution >= 0.6 is 0 Å². The van der Waals surface area contributed by atoms with E-state index in [9.17, 15) is 31.1 Å². The van der Waals surface area contributed by atoms with Gasteiger partial charge in [-0.15, -0.1) is 0 Å². The van der Waals surface area contributed by atoms with Gasteiger partial charge in [-0.2, -0.15) is 26.3 Å². The van der Waals surface area contributed by atoms with Gasteiger partial charge in [-0.25, -0.2) is 0 Å². The van der Waals surface area contributed by atoms with Gasteiger partial charge in [0.05, 0.1) is 25.8 Å². The molecule has 0 saturated carbocycles. The summed E-state index contributed by atoms with van der Waals surface area (Å²) in [4.78, 5) is 12.8. The highest BCUT2D eigenvalue weighted by atomic mass is 19.4. The molecule has 0 unspecified atom stereocenters. The Hall–Kier alpha value is -3.17. The largest absolute Gasteiger partial charge is 0.493 e. The average Bonchev–Trinajstić information content (AvgIpc) is 2.74. The number of nitrogens with zero attached hydrogens (tertiary/aromatic N) is 1. The predicted molar refractivity (Wildman–Crippen MR) is 104 cm³/mol. The van der Waals surface area contributed by atoms with E-state index in [1.165, 1.54) is 44.6 Å². The van der Waals surface area contributed by atoms with Gasteiger partial charge in [-0.1, -0.05) is 24.3 Å². The summed E-state index contributed by atoms with van der Waals surface area (Å²) in [6.07, 6.45) is -6.67. The second-order valence-corrected chi connectivity index (χ2v) is 7.08. The molecule has 32 heavy (non-hydrogen) atoms. The van der Waals surface area contributed by atoms with E-state index in [1.807, 2.05) is 0 Å². The van der Waals surface area contributed by atoms with E-state index >= 15 is 0 Å². The number of alkyl halides is 6. The lowest BCUT2D eigenvalue weighted by Gasteiger charge is -2.36. The maximum Gasteiger partial charge on any atom is 0.471 e. The Bertz CT molecular complexity index is 1010. The minimum Gasteiger partial charge on any atom is -0.493 e. The molecule has 2 aromatic carbocycles. The first-order valence-corrected chi connectivity index (χ1v) is 9.43. The molecule has 1 aliphatic heterocycles. The van der Waals surface area contributed by atoms with Crippen LogP contribution in [0.1, 0.15) is 28.3 Å². The van der Waals surface area contributed by atoms with Crippen molar-refractivity contribution in [3.63, 3.8) is 0 Å². The van der Waals surface area contributed by atoms with Crippen LogP contribution in [0, 0.1) is 0 Å². The molecule has 10 heteroatoms. The van der Waals surface area contributed by atoms with Crippen molar-refractivity contribution in [3.05, 3.63) is 64.7 Å². The van der Waals surface area contributed by atoms with Crippen LogP contribution in [0.2, 0.25) is 0 Å². The number of benzene rings is 2. The number of rotatable bonds is 4. The van der Waals surface area contributed by atoms with Crippen LogP contribution in [0.15, 0.2) is 42.5 Å². The third-order valence-corrected chi connectivity index (χ3v) is 5.13. The Morgan fingerprint density at radius 1 is 1.00 bits per heavy atom. The molecule has 0 radical (unpaired) electrons. The minimum atomic E-state index is -5.07. The molecular weight excluding hydrogens is 440 g/mol. The Morgan fingerprint density at radius 3 is 2.12 bits per heavy atom. The quantitative estimate of drug-likeness (QED) is 0.573. The summed E-state index contributed by atoms with van der Waals surface area (Å²) in [5, 5.41) is 0. The molecule has 1 atom stereocenters. The van der Waals surface area contributed by atoms with E-state index in [0.717, 1.165) is 12.1 Å². The number of fused-ring (bicyclic) bond motifs is 1. The van der Waals surface area contributed by atoms with Gasteiger partial charge in [0, 0.05) is 6.54 Å². The van der Waals surface area contributed by atoms with E-state index < -0.39 is 29.9 Å². The van der Waals surface area contributed by atoms with E-state index in [4.69, 9.17) is 9.47 Å². The van der Waals surface area contributed by atoms with Crippen molar-refractivity contribution in [3.8, 4) is 11.5 Å². The zero-order valence-corrected chi connectivity index (χ0v) is 17.1. The summed E-state index contributed by atoms with van der Waals surface area (Å²) in [6, 6.07) is 6.20. The summed E-state index contributed by atoms with van der Waals surface area (Å²) in [6.45, 7) is -0.192. The standard InChI is InChI=1S/C22H19F6NO3/c1-31-18-11-14-9-10-29(20(30)22(26,27)28)17(16(14)12-19(18)32-2)8-5-13-3-6-15(7-4-13)21(23,24)25/h3-8,11-12,17H,9-10H2,1-2H3/t17-/m0/s1. The highest BCUT2D eigenvalue weighted by molar-refractivity contribution is 5.83. The van der Waals surface area contributed by atoms with Crippen LogP contribution in [0.3, 0.4) is 0 Å². The highest BCUT2D eigenvalue weighted by Gasteiger charge is 2.45. The molecule has 0 N–H and O–H groups in total. The maximum absolute atomic E-state index is 13.2. The monoisotopic (exact) mass is 459 g/mol. The minimum absolute atomic E-state index is 0.169. The summed E-state index contributed by atoms with van der Waals surface area (Å²) in [7, 11) is 2.80. The van der Waals surface area contributed by atoms with Crippen molar-refractivity contribution < 1.29 is 40.6 Å². The fourth-order valence-corrected chi connectivity index (χ4v) is 3.56. The van der Waals surface area contributed by atoms with E-state index in [-0.39, 0.29) is 18.7 Å². The molecular formula is C22H19F6NO3. The van der Waals surface area contributed by atoms with Gasteiger partial charge in [-0.05, 0) is 47.4 Å². The number of methoxy groups -OCH3 is 2. The number of amides is 1. The molecule has 172 valence electrons. The number of hydrogen-bond acceptors (Lipinski definition) is 3. The number of hydrogen-bond donors (Lipinski definition) is 0. The average molecular weight is 459 g/mol. The molecule has 0 aliphatic carbocycles. The van der Waals surface area contributed by atoms with Crippen molar-refractivity contribution >= 4 is 12.0 Å². The van der Waals surface area contributed by atoms with Crippen LogP contribution in [-0.2, 0) is 17.4 Å². The first-order valence-electron chi connectivity index (χ1n) is 9.43. The molecule has 0 spiro atoms. The van der Waals surface area contributed by atoms with Gasteiger partial charge in [0.15, 0.2) is 11.5 Å². The number of carbonyl (C=O) groups excluding carboxylic acids is 1. The van der Waals surface area contributed by atoms with Crippen molar-refractivity contribution in [2.45, 2.75) is 24.8 Å². The molecule has 0 saturated heterocycles. The summed E-state index contributed by atoms with van der Waals surface area (Å²) in [5.74, 6) is -1.33. The molecule has 1 aliphatic rings. The molecule has 1 amide bonds. The summed E-state index contributed by atoms with van der Waals surface area (Å²) < 4.78 is 88.3. The van der Waals surface area contributed by atoms with Crippen molar-refractivity contribution in [2.24, 2.45) is 0 Å². The second-order valence-electron chi connectivity index (χ2n) is 7.08. The Morgan fingerprint density at radius 2 is 1.59 bits per heavy atom. The normalized spacial score (nSPS) is 16.8. The Labute approximate surface area is 180 Å². The lowest BCUT2D eigenvalue weighted by atomic mass is 9.91. The molecule has 3 rings (SSSR count). The SMILES string of the molecule is COc1cc2c(cc1OC)[C@H](C=Cc1ccc(C(F)(F)F)cc1)N(C(=O)C(F)(F)F)CC2. The fourth-order valence-electron chi connectivity index (χ4n) is 3.56. The van der Waals surface area contributed by atoms with E-state index in [0.29, 0.717) is 27.3 Å². The second kappa shape index (κ2) is 8.76. The first kappa shape index (κ1) is 23.5. The van der Waals surface area contributed by atoms with Gasteiger partial charge in [0.1, 0.15) is 0 Å². The van der Waals surface area contributed by atoms with Crippen molar-refractivity contribution in [2.75, 3.05) is 20.8 Å². The van der Waals surface area contributed by atoms with Crippen molar-refractivity contribution in [1.82, 2.24) is 4.90 Å². The molecule has 1 heterocycles. The summed E-state index contributed by atoms with van der Waals surface area (Å²) >= 11 is 0. The van der Waals surface area contributed by atoms with Crippen LogP contribution in [0.5, 0.6) is 11.5 Å². The van der Waals surface area contributed by atoms with Crippen LogP contribution in [0.25, 0.3) is 6.08 Å². The lowest BCUT2D eigenvalue weighted by molar-refractivity contribution is -0.187. The number of ether oxygens (including phenoxy) is 2. The fraction of sp³-hybridized carbons (Fsp3) is 0.318. The molecule has 0 fully saturated rings. The van der Waals surface area contributed by atoms with Gasteiger partial charge in [0.2, 0.25) is 0 Å². The topological polar surface area (TPSA) is 38.8 Å². The van der Waals surface area contributed by atoms with Gasteiger partial charge < -0.3 is 14.4 Å². The van der Waals surface area contributed by atoms with Crippen LogP contribution < -0.4 is 9.47 Å².